The number of nitrogens with one attached hydrogen (secondary N) is 1. The summed E-state index contributed by atoms with van der Waals surface area (Å²) < 4.78 is 0. The Hall–Kier alpha value is -2.54. The normalized spacial score (nSPS) is 16.9. The van der Waals surface area contributed by atoms with Gasteiger partial charge in [0.1, 0.15) is 0 Å². The molecule has 1 aliphatic heterocycles. The summed E-state index contributed by atoms with van der Waals surface area (Å²) in [6, 6.07) is 13.6. The quantitative estimate of drug-likeness (QED) is 0.720. The average molecular weight is 315 g/mol. The van der Waals surface area contributed by atoms with Crippen LogP contribution in [0.4, 0.5) is 0 Å². The highest BCUT2D eigenvalue weighted by atomic mass is 14.9. The molecule has 0 saturated carbocycles. The van der Waals surface area contributed by atoms with Gasteiger partial charge in [-0.05, 0) is 79.4 Å². The van der Waals surface area contributed by atoms with Crippen LogP contribution in [0.5, 0.6) is 0 Å². The Balaban J connectivity index is 2.13. The van der Waals surface area contributed by atoms with Gasteiger partial charge in [-0.25, -0.2) is 0 Å². The van der Waals surface area contributed by atoms with Gasteiger partial charge in [-0.2, -0.15) is 0 Å². The largest absolute Gasteiger partial charge is 0.380 e. The first-order valence-corrected chi connectivity index (χ1v) is 8.44. The molecule has 0 saturated heterocycles. The molecule has 122 valence electrons. The van der Waals surface area contributed by atoms with E-state index in [2.05, 4.69) is 82.1 Å². The van der Waals surface area contributed by atoms with Gasteiger partial charge in [0.05, 0.1) is 6.04 Å². The number of hydrogen-bond donors (Lipinski definition) is 1. The molecule has 3 rings (SSSR count). The Morgan fingerprint density at radius 1 is 0.917 bits per heavy atom. The molecule has 0 aliphatic carbocycles. The molecule has 0 amide bonds. The molecule has 24 heavy (non-hydrogen) atoms. The molecule has 0 radical (unpaired) electrons. The molecule has 0 fully saturated rings. The average Bonchev–Trinajstić information content (AvgIpc) is 2.56. The zero-order valence-corrected chi connectivity index (χ0v) is 15.0. The van der Waals surface area contributed by atoms with E-state index in [0.29, 0.717) is 0 Å². The van der Waals surface area contributed by atoms with Crippen LogP contribution in [0.1, 0.15) is 42.1 Å². The molecule has 0 bridgehead atoms. The molecule has 1 unspecified atom stereocenters. The van der Waals surface area contributed by atoms with E-state index >= 15 is 0 Å². The maximum Gasteiger partial charge on any atom is 0.0731 e. The number of hydrogen-bond acceptors (Lipinski definition) is 1. The van der Waals surface area contributed by atoms with E-state index in [0.717, 1.165) is 0 Å². The van der Waals surface area contributed by atoms with Gasteiger partial charge in [0.15, 0.2) is 0 Å². The number of allylic oxidation sites excluding steroid dienone is 2. The lowest BCUT2D eigenvalue weighted by molar-refractivity contribution is 0.693. The zero-order chi connectivity index (χ0) is 17.3. The fraction of sp³-hybridized carbons (Fsp3) is 0.217. The highest BCUT2D eigenvalue weighted by Crippen LogP contribution is 2.33. The van der Waals surface area contributed by atoms with E-state index in [1.807, 2.05) is 12.3 Å². The first kappa shape index (κ1) is 16.3. The van der Waals surface area contributed by atoms with E-state index < -0.39 is 0 Å². The van der Waals surface area contributed by atoms with Crippen LogP contribution >= 0.6 is 0 Å². The van der Waals surface area contributed by atoms with Crippen molar-refractivity contribution in [1.29, 1.82) is 0 Å². The molecule has 0 aromatic heterocycles. The lowest BCUT2D eigenvalue weighted by Gasteiger charge is -2.26. The van der Waals surface area contributed by atoms with Crippen molar-refractivity contribution in [1.82, 2.24) is 5.32 Å². The molecule has 0 spiro atoms. The smallest absolute Gasteiger partial charge is 0.0731 e. The summed E-state index contributed by atoms with van der Waals surface area (Å²) in [5, 5.41) is 3.51. The third kappa shape index (κ3) is 3.07. The second kappa shape index (κ2) is 6.52. The first-order chi connectivity index (χ1) is 11.5. The molecular formula is C23H25N. The summed E-state index contributed by atoms with van der Waals surface area (Å²) in [6.07, 6.45) is 6.12. The van der Waals surface area contributed by atoms with Crippen molar-refractivity contribution in [2.24, 2.45) is 0 Å². The minimum atomic E-state index is 0.203. The van der Waals surface area contributed by atoms with Gasteiger partial charge in [0.25, 0.3) is 0 Å². The van der Waals surface area contributed by atoms with E-state index in [4.69, 9.17) is 0 Å². The van der Waals surface area contributed by atoms with Crippen LogP contribution < -0.4 is 5.32 Å². The zero-order valence-electron chi connectivity index (χ0n) is 15.0. The van der Waals surface area contributed by atoms with Crippen LogP contribution in [0.3, 0.4) is 0 Å². The van der Waals surface area contributed by atoms with Crippen LogP contribution in [-0.4, -0.2) is 0 Å². The van der Waals surface area contributed by atoms with Gasteiger partial charge >= 0.3 is 0 Å². The van der Waals surface area contributed by atoms with Crippen LogP contribution in [0.2, 0.25) is 0 Å². The SMILES string of the molecule is C=Cc1ccc(-c2cc(C)cc(C)c2)cc1C1NC=CC(C)=C1C. The maximum atomic E-state index is 4.00. The van der Waals surface area contributed by atoms with Gasteiger partial charge < -0.3 is 5.32 Å². The number of rotatable bonds is 3. The van der Waals surface area contributed by atoms with E-state index in [1.165, 1.54) is 44.5 Å². The second-order valence-corrected chi connectivity index (χ2v) is 6.72. The Morgan fingerprint density at radius 2 is 1.62 bits per heavy atom. The molecule has 1 atom stereocenters. The summed E-state index contributed by atoms with van der Waals surface area (Å²) in [4.78, 5) is 0. The topological polar surface area (TPSA) is 12.0 Å². The minimum absolute atomic E-state index is 0.203. The molecule has 1 N–H and O–H groups in total. The number of benzene rings is 2. The van der Waals surface area contributed by atoms with Crippen LogP contribution in [0.25, 0.3) is 17.2 Å². The first-order valence-electron chi connectivity index (χ1n) is 8.44. The van der Waals surface area contributed by atoms with Crippen molar-refractivity contribution in [3.05, 3.63) is 88.7 Å². The summed E-state index contributed by atoms with van der Waals surface area (Å²) >= 11 is 0. The van der Waals surface area contributed by atoms with Crippen molar-refractivity contribution in [2.75, 3.05) is 0 Å². The molecule has 1 nitrogen and oxygen atoms in total. The van der Waals surface area contributed by atoms with E-state index in [-0.39, 0.29) is 6.04 Å². The minimum Gasteiger partial charge on any atom is -0.380 e. The van der Waals surface area contributed by atoms with Crippen molar-refractivity contribution in [3.63, 3.8) is 0 Å². The van der Waals surface area contributed by atoms with E-state index in [9.17, 15) is 0 Å². The van der Waals surface area contributed by atoms with Gasteiger partial charge in [0, 0.05) is 0 Å². The fourth-order valence-electron chi connectivity index (χ4n) is 3.41. The second-order valence-electron chi connectivity index (χ2n) is 6.72. The standard InChI is InChI=1S/C23H25N/c1-6-19-7-8-20(21-12-15(2)11-16(3)13-21)14-22(19)23-18(5)17(4)9-10-24-23/h6-14,23-24H,1H2,2-5H3. The molecular weight excluding hydrogens is 290 g/mol. The van der Waals surface area contributed by atoms with Gasteiger partial charge in [-0.15, -0.1) is 0 Å². The lowest BCUT2D eigenvalue weighted by Crippen LogP contribution is -2.21. The summed E-state index contributed by atoms with van der Waals surface area (Å²) in [6.45, 7) is 12.7. The third-order valence-electron chi connectivity index (χ3n) is 4.82. The Kier molecular flexibility index (Phi) is 4.44. The van der Waals surface area contributed by atoms with E-state index in [1.54, 1.807) is 0 Å². The summed E-state index contributed by atoms with van der Waals surface area (Å²) in [5.74, 6) is 0. The molecule has 2 aromatic rings. The Bertz CT molecular complexity index is 832. The van der Waals surface area contributed by atoms with Crippen molar-refractivity contribution < 1.29 is 0 Å². The van der Waals surface area contributed by atoms with Gasteiger partial charge in [0.2, 0.25) is 0 Å². The summed E-state index contributed by atoms with van der Waals surface area (Å²) in [5.41, 5.74) is 10.3. The monoisotopic (exact) mass is 315 g/mol. The predicted molar refractivity (Wildman–Crippen MR) is 105 cm³/mol. The van der Waals surface area contributed by atoms with Gasteiger partial charge in [-0.3, -0.25) is 0 Å². The molecule has 1 heteroatoms. The maximum absolute atomic E-state index is 4.00. The van der Waals surface area contributed by atoms with Crippen LogP contribution in [0, 0.1) is 13.8 Å². The predicted octanol–water partition coefficient (Wildman–Crippen LogP) is 6.11. The number of aryl methyl sites for hydroxylation is 2. The molecule has 1 aliphatic rings. The van der Waals surface area contributed by atoms with Crippen molar-refractivity contribution in [2.45, 2.75) is 33.7 Å². The molecule has 1 heterocycles. The van der Waals surface area contributed by atoms with Crippen LogP contribution in [-0.2, 0) is 0 Å². The lowest BCUT2D eigenvalue weighted by atomic mass is 9.88. The Morgan fingerprint density at radius 3 is 2.29 bits per heavy atom. The highest BCUT2D eigenvalue weighted by Gasteiger charge is 2.19. The summed E-state index contributed by atoms with van der Waals surface area (Å²) in [7, 11) is 0. The van der Waals surface area contributed by atoms with Crippen LogP contribution in [0.15, 0.2) is 66.4 Å². The molecule has 2 aromatic carbocycles. The fourth-order valence-corrected chi connectivity index (χ4v) is 3.41. The highest BCUT2D eigenvalue weighted by molar-refractivity contribution is 5.70. The van der Waals surface area contributed by atoms with Gasteiger partial charge in [-0.1, -0.05) is 54.1 Å². The Labute approximate surface area is 145 Å². The number of dihydropyridines is 1. The third-order valence-corrected chi connectivity index (χ3v) is 4.82. The van der Waals surface area contributed by atoms with Crippen molar-refractivity contribution in [3.8, 4) is 11.1 Å². The van der Waals surface area contributed by atoms with Crippen molar-refractivity contribution >= 4 is 6.08 Å².